The third-order valence-corrected chi connectivity index (χ3v) is 3.46. The molecule has 98 valence electrons. The van der Waals surface area contributed by atoms with Gasteiger partial charge in [-0.15, -0.1) is 0 Å². The first-order chi connectivity index (χ1) is 9.22. The average molecular weight is 259 g/mol. The number of pyridine rings is 1. The molecular formula is C12H13N5O2. The summed E-state index contributed by atoms with van der Waals surface area (Å²) in [5.41, 5.74) is 6.16. The van der Waals surface area contributed by atoms with Gasteiger partial charge in [0.25, 0.3) is 5.56 Å². The van der Waals surface area contributed by atoms with Gasteiger partial charge in [0.15, 0.2) is 5.82 Å². The van der Waals surface area contributed by atoms with Crippen LogP contribution in [0.2, 0.25) is 0 Å². The molecule has 7 nitrogen and oxygen atoms in total. The maximum Gasteiger partial charge on any atom is 0.261 e. The van der Waals surface area contributed by atoms with Crippen LogP contribution < -0.4 is 11.3 Å². The molecule has 2 aromatic rings. The Labute approximate surface area is 108 Å². The van der Waals surface area contributed by atoms with Crippen LogP contribution in [0.15, 0.2) is 17.1 Å². The summed E-state index contributed by atoms with van der Waals surface area (Å²) in [6.07, 6.45) is 2.21. The molecule has 3 rings (SSSR count). The molecule has 1 saturated heterocycles. The van der Waals surface area contributed by atoms with Crippen molar-refractivity contribution >= 4 is 16.7 Å². The van der Waals surface area contributed by atoms with Crippen molar-refractivity contribution in [3.8, 4) is 6.07 Å². The van der Waals surface area contributed by atoms with E-state index in [1.54, 1.807) is 16.9 Å². The number of ether oxygens (including phenoxy) is 1. The lowest BCUT2D eigenvalue weighted by molar-refractivity contribution is 0.0359. The molecule has 0 spiro atoms. The number of H-pyrrole nitrogens is 1. The van der Waals surface area contributed by atoms with Crippen LogP contribution >= 0.6 is 0 Å². The van der Waals surface area contributed by atoms with Gasteiger partial charge in [0.2, 0.25) is 0 Å². The highest BCUT2D eigenvalue weighted by atomic mass is 16.5. The van der Waals surface area contributed by atoms with Gasteiger partial charge in [-0.05, 0) is 12.5 Å². The van der Waals surface area contributed by atoms with Crippen LogP contribution in [0.25, 0.3) is 10.9 Å². The largest absolute Gasteiger partial charge is 0.382 e. The van der Waals surface area contributed by atoms with E-state index in [4.69, 9.17) is 10.5 Å². The van der Waals surface area contributed by atoms with Gasteiger partial charge < -0.3 is 15.5 Å². The van der Waals surface area contributed by atoms with Gasteiger partial charge in [0, 0.05) is 12.8 Å². The maximum absolute atomic E-state index is 11.8. The summed E-state index contributed by atoms with van der Waals surface area (Å²) in [5.74, 6) is -0.00495. The number of hydrogen-bond acceptors (Lipinski definition) is 5. The number of nitriles is 1. The van der Waals surface area contributed by atoms with Gasteiger partial charge in [0.05, 0.1) is 30.2 Å². The first-order valence-electron chi connectivity index (χ1n) is 6.05. The number of aromatic amines is 1. The number of aromatic nitrogens is 3. The summed E-state index contributed by atoms with van der Waals surface area (Å²) >= 11 is 0. The summed E-state index contributed by atoms with van der Waals surface area (Å²) in [6.45, 7) is 0.977. The lowest BCUT2D eigenvalue weighted by Gasteiger charge is -2.27. The van der Waals surface area contributed by atoms with Crippen molar-refractivity contribution in [2.45, 2.75) is 12.5 Å². The normalized spacial score (nSPS) is 23.3. The lowest BCUT2D eigenvalue weighted by Crippen LogP contribution is -2.30. The SMILES string of the molecule is N#C[C@H]1CCOC[C@@H]1n1nc(N)c2c(=O)[nH]ccc21. The van der Waals surface area contributed by atoms with E-state index in [1.807, 2.05) is 0 Å². The van der Waals surface area contributed by atoms with Gasteiger partial charge in [0.1, 0.15) is 5.39 Å². The number of nitrogen functional groups attached to an aromatic ring is 1. The zero-order chi connectivity index (χ0) is 13.4. The number of nitrogens with two attached hydrogens (primary N) is 1. The minimum atomic E-state index is -0.272. The second-order valence-electron chi connectivity index (χ2n) is 4.56. The second kappa shape index (κ2) is 4.40. The molecule has 1 aliphatic rings. The Kier molecular flexibility index (Phi) is 2.72. The van der Waals surface area contributed by atoms with Crippen molar-refractivity contribution in [1.82, 2.24) is 14.8 Å². The Morgan fingerprint density at radius 3 is 3.26 bits per heavy atom. The van der Waals surface area contributed by atoms with Crippen molar-refractivity contribution in [3.63, 3.8) is 0 Å². The van der Waals surface area contributed by atoms with Crippen molar-refractivity contribution in [2.24, 2.45) is 5.92 Å². The van der Waals surface area contributed by atoms with E-state index in [1.165, 1.54) is 0 Å². The van der Waals surface area contributed by atoms with E-state index in [2.05, 4.69) is 16.2 Å². The van der Waals surface area contributed by atoms with Crippen LogP contribution in [0.1, 0.15) is 12.5 Å². The quantitative estimate of drug-likeness (QED) is 0.770. The molecule has 0 bridgehead atoms. The number of hydrogen-bond donors (Lipinski definition) is 2. The predicted molar refractivity (Wildman–Crippen MR) is 68.3 cm³/mol. The van der Waals surface area contributed by atoms with Gasteiger partial charge >= 0.3 is 0 Å². The van der Waals surface area contributed by atoms with Crippen LogP contribution in [0.5, 0.6) is 0 Å². The standard InChI is InChI=1S/C12H13N5O2/c13-5-7-2-4-19-6-9(7)17-8-1-3-15-12(18)10(8)11(14)16-17/h1,3,7,9H,2,4,6H2,(H2,14,16)(H,15,18)/t7-,9+/m1/s1. The summed E-state index contributed by atoms with van der Waals surface area (Å²) < 4.78 is 7.06. The highest BCUT2D eigenvalue weighted by Gasteiger charge is 2.30. The molecule has 3 heterocycles. The lowest BCUT2D eigenvalue weighted by atomic mass is 9.96. The molecule has 0 radical (unpaired) electrons. The topological polar surface area (TPSA) is 110 Å². The van der Waals surface area contributed by atoms with Crippen molar-refractivity contribution in [3.05, 3.63) is 22.6 Å². The number of nitrogens with zero attached hydrogens (tertiary/aromatic N) is 3. The molecule has 1 aliphatic heterocycles. The molecule has 2 aromatic heterocycles. The van der Waals surface area contributed by atoms with Gasteiger partial charge in [-0.2, -0.15) is 10.4 Å². The molecule has 2 atom stereocenters. The second-order valence-corrected chi connectivity index (χ2v) is 4.56. The maximum atomic E-state index is 11.8. The van der Waals surface area contributed by atoms with E-state index in [9.17, 15) is 10.1 Å². The zero-order valence-corrected chi connectivity index (χ0v) is 10.2. The van der Waals surface area contributed by atoms with Crippen molar-refractivity contribution < 1.29 is 4.74 Å². The van der Waals surface area contributed by atoms with Gasteiger partial charge in [-0.25, -0.2) is 0 Å². The Morgan fingerprint density at radius 1 is 1.63 bits per heavy atom. The monoisotopic (exact) mass is 259 g/mol. The predicted octanol–water partition coefficient (Wildman–Crippen LogP) is 0.408. The van der Waals surface area contributed by atoms with Gasteiger partial charge in [-0.1, -0.05) is 0 Å². The average Bonchev–Trinajstić information content (AvgIpc) is 2.77. The van der Waals surface area contributed by atoms with Crippen LogP contribution in [-0.4, -0.2) is 28.0 Å². The molecule has 0 aromatic carbocycles. The fraction of sp³-hybridized carbons (Fsp3) is 0.417. The Balaban J connectivity index is 2.18. The van der Waals surface area contributed by atoms with Crippen LogP contribution in [0.4, 0.5) is 5.82 Å². The fourth-order valence-corrected chi connectivity index (χ4v) is 2.49. The van der Waals surface area contributed by atoms with E-state index in [0.717, 1.165) is 0 Å². The Bertz CT molecular complexity index is 711. The van der Waals surface area contributed by atoms with E-state index in [-0.39, 0.29) is 23.3 Å². The minimum absolute atomic E-state index is 0.180. The van der Waals surface area contributed by atoms with E-state index >= 15 is 0 Å². The number of nitrogens with one attached hydrogen (secondary N) is 1. The number of anilines is 1. The third-order valence-electron chi connectivity index (χ3n) is 3.46. The first-order valence-corrected chi connectivity index (χ1v) is 6.05. The van der Waals surface area contributed by atoms with Crippen molar-refractivity contribution in [2.75, 3.05) is 18.9 Å². The summed E-state index contributed by atoms with van der Waals surface area (Å²) in [7, 11) is 0. The van der Waals surface area contributed by atoms with Crippen LogP contribution in [-0.2, 0) is 4.74 Å². The minimum Gasteiger partial charge on any atom is -0.382 e. The van der Waals surface area contributed by atoms with E-state index in [0.29, 0.717) is 30.5 Å². The summed E-state index contributed by atoms with van der Waals surface area (Å²) in [5, 5.41) is 13.8. The fourth-order valence-electron chi connectivity index (χ4n) is 2.49. The molecule has 0 unspecified atom stereocenters. The molecule has 3 N–H and O–H groups in total. The molecule has 7 heteroatoms. The van der Waals surface area contributed by atoms with Gasteiger partial charge in [-0.3, -0.25) is 9.48 Å². The Morgan fingerprint density at radius 2 is 2.47 bits per heavy atom. The molecule has 0 aliphatic carbocycles. The molecule has 0 saturated carbocycles. The third kappa shape index (κ3) is 1.77. The number of rotatable bonds is 1. The van der Waals surface area contributed by atoms with Crippen molar-refractivity contribution in [1.29, 1.82) is 5.26 Å². The highest BCUT2D eigenvalue weighted by molar-refractivity contribution is 5.88. The zero-order valence-electron chi connectivity index (χ0n) is 10.2. The number of fused-ring (bicyclic) bond motifs is 1. The first kappa shape index (κ1) is 11.7. The van der Waals surface area contributed by atoms with Crippen LogP contribution in [0, 0.1) is 17.2 Å². The molecule has 19 heavy (non-hydrogen) atoms. The van der Waals surface area contributed by atoms with Crippen LogP contribution in [0.3, 0.4) is 0 Å². The smallest absolute Gasteiger partial charge is 0.261 e. The molecular weight excluding hydrogens is 246 g/mol. The Hall–Kier alpha value is -2.33. The summed E-state index contributed by atoms with van der Waals surface area (Å²) in [6, 6.07) is 3.80. The molecule has 1 fully saturated rings. The molecule has 0 amide bonds. The van der Waals surface area contributed by atoms with E-state index < -0.39 is 0 Å². The highest BCUT2D eigenvalue weighted by Crippen LogP contribution is 2.29. The summed E-state index contributed by atoms with van der Waals surface area (Å²) in [4.78, 5) is 14.3.